The van der Waals surface area contributed by atoms with Crippen LogP contribution in [0.5, 0.6) is 5.75 Å². The summed E-state index contributed by atoms with van der Waals surface area (Å²) >= 11 is 3.47. The summed E-state index contributed by atoms with van der Waals surface area (Å²) in [6, 6.07) is 15.1. The van der Waals surface area contributed by atoms with Crippen molar-refractivity contribution in [2.45, 2.75) is 65.6 Å². The Kier molecular flexibility index (Phi) is 9.11. The number of halogens is 1. The Morgan fingerprint density at radius 3 is 2.42 bits per heavy atom. The van der Waals surface area contributed by atoms with Gasteiger partial charge in [0.25, 0.3) is 0 Å². The highest BCUT2D eigenvalue weighted by molar-refractivity contribution is 9.10. The number of carbonyl (C=O) groups excluding carboxylic acids is 2. The zero-order valence-electron chi connectivity index (χ0n) is 19.1. The topological polar surface area (TPSA) is 58.6 Å². The summed E-state index contributed by atoms with van der Waals surface area (Å²) in [5.41, 5.74) is 1.78. The molecule has 0 aliphatic rings. The van der Waals surface area contributed by atoms with E-state index < -0.39 is 6.04 Å². The van der Waals surface area contributed by atoms with E-state index >= 15 is 0 Å². The molecule has 1 N–H and O–H groups in total. The summed E-state index contributed by atoms with van der Waals surface area (Å²) in [5.74, 6) is 0.567. The van der Waals surface area contributed by atoms with E-state index in [4.69, 9.17) is 4.74 Å². The largest absolute Gasteiger partial charge is 0.494 e. The molecule has 6 heteroatoms. The first-order valence-electron chi connectivity index (χ1n) is 10.6. The predicted molar refractivity (Wildman–Crippen MR) is 128 cm³/mol. The second-order valence-electron chi connectivity index (χ2n) is 8.83. The molecule has 168 valence electrons. The van der Waals surface area contributed by atoms with E-state index in [2.05, 4.69) is 21.2 Å². The monoisotopic (exact) mass is 488 g/mol. The number of aryl methyl sites for hydroxylation is 1. The number of rotatable bonds is 9. The third-order valence-corrected chi connectivity index (χ3v) is 5.23. The fraction of sp³-hybridized carbons (Fsp3) is 0.440. The molecule has 0 aliphatic heterocycles. The van der Waals surface area contributed by atoms with Gasteiger partial charge in [-0.3, -0.25) is 9.59 Å². The summed E-state index contributed by atoms with van der Waals surface area (Å²) < 4.78 is 6.68. The molecule has 2 aromatic rings. The van der Waals surface area contributed by atoms with Crippen LogP contribution in [-0.4, -0.2) is 34.9 Å². The van der Waals surface area contributed by atoms with Gasteiger partial charge in [-0.25, -0.2) is 0 Å². The van der Waals surface area contributed by atoms with Crippen LogP contribution in [0.15, 0.2) is 53.0 Å². The van der Waals surface area contributed by atoms with Crippen LogP contribution >= 0.6 is 15.9 Å². The van der Waals surface area contributed by atoms with Gasteiger partial charge in [-0.2, -0.15) is 0 Å². The molecular weight excluding hydrogens is 456 g/mol. The minimum Gasteiger partial charge on any atom is -0.494 e. The minimum absolute atomic E-state index is 0.0657. The van der Waals surface area contributed by atoms with E-state index in [9.17, 15) is 9.59 Å². The number of hydrogen-bond acceptors (Lipinski definition) is 3. The Hall–Kier alpha value is -2.34. The molecule has 0 radical (unpaired) electrons. The molecule has 31 heavy (non-hydrogen) atoms. The zero-order valence-corrected chi connectivity index (χ0v) is 20.7. The highest BCUT2D eigenvalue weighted by atomic mass is 79.9. The number of nitrogens with one attached hydrogen (secondary N) is 1. The molecule has 0 spiro atoms. The van der Waals surface area contributed by atoms with Crippen LogP contribution in [0.4, 0.5) is 0 Å². The van der Waals surface area contributed by atoms with Gasteiger partial charge in [0.05, 0.1) is 6.61 Å². The fourth-order valence-corrected chi connectivity index (χ4v) is 3.53. The average Bonchev–Trinajstić information content (AvgIpc) is 2.69. The molecule has 0 bridgehead atoms. The van der Waals surface area contributed by atoms with Crippen LogP contribution in [0.3, 0.4) is 0 Å². The van der Waals surface area contributed by atoms with Crippen molar-refractivity contribution in [2.75, 3.05) is 6.61 Å². The lowest BCUT2D eigenvalue weighted by Crippen LogP contribution is -2.52. The van der Waals surface area contributed by atoms with Crippen LogP contribution < -0.4 is 10.1 Å². The fourth-order valence-electron chi connectivity index (χ4n) is 3.08. The summed E-state index contributed by atoms with van der Waals surface area (Å²) in [6.45, 7) is 10.4. The summed E-state index contributed by atoms with van der Waals surface area (Å²) in [5, 5.41) is 2.98. The third-order valence-electron chi connectivity index (χ3n) is 4.73. The van der Waals surface area contributed by atoms with Gasteiger partial charge in [0.2, 0.25) is 11.8 Å². The van der Waals surface area contributed by atoms with Gasteiger partial charge in [-0.1, -0.05) is 45.8 Å². The van der Waals surface area contributed by atoms with Crippen LogP contribution in [0.2, 0.25) is 0 Å². The lowest BCUT2D eigenvalue weighted by atomic mass is 10.1. The molecule has 0 fully saturated rings. The number of ether oxygens (including phenoxy) is 1. The van der Waals surface area contributed by atoms with Gasteiger partial charge in [0.15, 0.2) is 0 Å². The Balaban J connectivity index is 2.02. The molecule has 2 rings (SSSR count). The first-order chi connectivity index (χ1) is 14.5. The number of nitrogens with zero attached hydrogens (tertiary/aromatic N) is 1. The number of carbonyl (C=O) groups is 2. The quantitative estimate of drug-likeness (QED) is 0.490. The molecule has 0 unspecified atom stereocenters. The molecule has 2 amide bonds. The second-order valence-corrected chi connectivity index (χ2v) is 9.75. The summed E-state index contributed by atoms with van der Waals surface area (Å²) in [7, 11) is 0. The van der Waals surface area contributed by atoms with Gasteiger partial charge in [-0.05, 0) is 70.9 Å². The lowest BCUT2D eigenvalue weighted by Gasteiger charge is -2.31. The molecule has 0 saturated carbocycles. The van der Waals surface area contributed by atoms with Crippen LogP contribution in [0.1, 0.15) is 51.7 Å². The Morgan fingerprint density at radius 1 is 1.13 bits per heavy atom. The number of hydrogen-bond donors (Lipinski definition) is 1. The van der Waals surface area contributed by atoms with E-state index in [1.807, 2.05) is 76.2 Å². The third kappa shape index (κ3) is 8.74. The van der Waals surface area contributed by atoms with E-state index in [-0.39, 0.29) is 17.4 Å². The van der Waals surface area contributed by atoms with Crippen molar-refractivity contribution in [1.82, 2.24) is 10.2 Å². The Morgan fingerprint density at radius 2 is 1.81 bits per heavy atom. The number of benzene rings is 2. The highest BCUT2D eigenvalue weighted by Crippen LogP contribution is 2.17. The molecule has 2 aromatic carbocycles. The van der Waals surface area contributed by atoms with Gasteiger partial charge in [0.1, 0.15) is 11.8 Å². The van der Waals surface area contributed by atoms with Crippen LogP contribution in [0.25, 0.3) is 0 Å². The van der Waals surface area contributed by atoms with Crippen molar-refractivity contribution in [3.63, 3.8) is 0 Å². The Labute approximate surface area is 194 Å². The maximum Gasteiger partial charge on any atom is 0.242 e. The molecule has 1 atom stereocenters. The number of amides is 2. The minimum atomic E-state index is -0.580. The van der Waals surface area contributed by atoms with E-state index in [1.165, 1.54) is 5.56 Å². The van der Waals surface area contributed by atoms with Crippen molar-refractivity contribution < 1.29 is 14.3 Å². The van der Waals surface area contributed by atoms with Crippen LogP contribution in [0, 0.1) is 6.92 Å². The summed E-state index contributed by atoms with van der Waals surface area (Å²) in [4.78, 5) is 27.5. The Bertz CT molecular complexity index is 875. The SMILES string of the molecule is Cc1ccc(OCCCC(=O)N(Cc2cccc(Br)c2)[C@@H](C)C(=O)NC(C)(C)C)cc1. The van der Waals surface area contributed by atoms with Gasteiger partial charge >= 0.3 is 0 Å². The van der Waals surface area contributed by atoms with Crippen molar-refractivity contribution in [3.8, 4) is 5.75 Å². The molecule has 0 saturated heterocycles. The molecule has 0 aromatic heterocycles. The smallest absolute Gasteiger partial charge is 0.242 e. The van der Waals surface area contributed by atoms with Crippen molar-refractivity contribution >= 4 is 27.7 Å². The van der Waals surface area contributed by atoms with E-state index in [0.29, 0.717) is 26.0 Å². The molecule has 5 nitrogen and oxygen atoms in total. The van der Waals surface area contributed by atoms with Gasteiger partial charge in [-0.15, -0.1) is 0 Å². The molecule has 0 heterocycles. The maximum atomic E-state index is 13.1. The first kappa shape index (κ1) is 24.9. The molecular formula is C25H33BrN2O3. The van der Waals surface area contributed by atoms with Crippen LogP contribution in [-0.2, 0) is 16.1 Å². The standard InChI is InChI=1S/C25H33BrN2O3/c1-18-11-13-22(14-12-18)31-15-7-10-23(29)28(17-20-8-6-9-21(26)16-20)19(2)24(30)27-25(3,4)5/h6,8-9,11-14,16,19H,7,10,15,17H2,1-5H3,(H,27,30)/t19-/m0/s1. The molecule has 0 aliphatic carbocycles. The van der Waals surface area contributed by atoms with Gasteiger partial charge in [0, 0.05) is 23.0 Å². The van der Waals surface area contributed by atoms with Crippen molar-refractivity contribution in [1.29, 1.82) is 0 Å². The second kappa shape index (κ2) is 11.3. The average molecular weight is 489 g/mol. The summed E-state index contributed by atoms with van der Waals surface area (Å²) in [6.07, 6.45) is 0.891. The van der Waals surface area contributed by atoms with E-state index in [0.717, 1.165) is 15.8 Å². The highest BCUT2D eigenvalue weighted by Gasteiger charge is 2.28. The van der Waals surface area contributed by atoms with Crippen molar-refractivity contribution in [3.05, 3.63) is 64.1 Å². The maximum absolute atomic E-state index is 13.1. The zero-order chi connectivity index (χ0) is 23.0. The predicted octanol–water partition coefficient (Wildman–Crippen LogP) is 5.25. The lowest BCUT2D eigenvalue weighted by molar-refractivity contribution is -0.141. The van der Waals surface area contributed by atoms with Gasteiger partial charge < -0.3 is 15.0 Å². The van der Waals surface area contributed by atoms with E-state index in [1.54, 1.807) is 11.8 Å². The first-order valence-corrected chi connectivity index (χ1v) is 11.4. The van der Waals surface area contributed by atoms with Crippen molar-refractivity contribution in [2.24, 2.45) is 0 Å². The normalized spacial score (nSPS) is 12.2.